The summed E-state index contributed by atoms with van der Waals surface area (Å²) in [5.74, 6) is -0.225. The number of pyridine rings is 1. The molecule has 6 nitrogen and oxygen atoms in total. The van der Waals surface area contributed by atoms with Crippen molar-refractivity contribution in [2.24, 2.45) is 0 Å². The molecule has 0 saturated heterocycles. The number of nitrogens with zero attached hydrogens (tertiary/aromatic N) is 3. The predicted octanol–water partition coefficient (Wildman–Crippen LogP) is 2.89. The van der Waals surface area contributed by atoms with E-state index in [0.29, 0.717) is 12.2 Å². The number of ether oxygens (including phenoxy) is 1. The molecule has 3 heterocycles. The molecule has 3 aromatic rings. The van der Waals surface area contributed by atoms with Crippen LogP contribution in [0.1, 0.15) is 33.6 Å². The molecule has 0 fully saturated rings. The minimum atomic E-state index is -0.939. The van der Waals surface area contributed by atoms with E-state index in [1.807, 2.05) is 22.9 Å². The SMILES string of the molecule is O=C(O)c1ccc2c(c1)CC(n1ccnc1)C(c1cccnc1)O2. The van der Waals surface area contributed by atoms with Gasteiger partial charge in [-0.2, -0.15) is 0 Å². The standard InChI is InChI=1S/C18H15N3O3/c22-18(23)12-3-4-16-14(8-12)9-15(21-7-6-20-11-21)17(24-16)13-2-1-5-19-10-13/h1-8,10-11,15,17H,9H2,(H,22,23). The van der Waals surface area contributed by atoms with Crippen LogP contribution in [0.5, 0.6) is 5.75 Å². The lowest BCUT2D eigenvalue weighted by Gasteiger charge is -2.34. The van der Waals surface area contributed by atoms with Gasteiger partial charge in [0.05, 0.1) is 17.9 Å². The third-order valence-electron chi connectivity index (χ3n) is 4.26. The molecule has 2 unspecified atom stereocenters. The van der Waals surface area contributed by atoms with Crippen LogP contribution in [0.15, 0.2) is 61.4 Å². The van der Waals surface area contributed by atoms with Gasteiger partial charge in [0.1, 0.15) is 11.9 Å². The molecule has 1 N–H and O–H groups in total. The maximum Gasteiger partial charge on any atom is 0.335 e. The lowest BCUT2D eigenvalue weighted by Crippen LogP contribution is -2.28. The first-order valence-corrected chi connectivity index (χ1v) is 7.62. The molecule has 0 bridgehead atoms. The third-order valence-corrected chi connectivity index (χ3v) is 4.26. The first-order valence-electron chi connectivity index (χ1n) is 7.62. The van der Waals surface area contributed by atoms with Gasteiger partial charge < -0.3 is 14.4 Å². The number of rotatable bonds is 3. The van der Waals surface area contributed by atoms with Gasteiger partial charge in [0.2, 0.25) is 0 Å². The number of aromatic nitrogens is 3. The second-order valence-corrected chi connectivity index (χ2v) is 5.73. The minimum Gasteiger partial charge on any atom is -0.483 e. The van der Waals surface area contributed by atoms with E-state index in [-0.39, 0.29) is 17.7 Å². The maximum absolute atomic E-state index is 11.2. The largest absolute Gasteiger partial charge is 0.483 e. The molecular formula is C18H15N3O3. The van der Waals surface area contributed by atoms with E-state index in [4.69, 9.17) is 4.74 Å². The van der Waals surface area contributed by atoms with E-state index in [1.54, 1.807) is 43.1 Å². The second kappa shape index (κ2) is 5.81. The van der Waals surface area contributed by atoms with Gasteiger partial charge in [-0.05, 0) is 29.8 Å². The number of hydrogen-bond donors (Lipinski definition) is 1. The van der Waals surface area contributed by atoms with Gasteiger partial charge in [-0.15, -0.1) is 0 Å². The molecule has 0 aliphatic carbocycles. The first kappa shape index (κ1) is 14.4. The molecule has 2 aromatic heterocycles. The van der Waals surface area contributed by atoms with Gasteiger partial charge >= 0.3 is 5.97 Å². The van der Waals surface area contributed by atoms with Gasteiger partial charge in [0.15, 0.2) is 0 Å². The van der Waals surface area contributed by atoms with Crippen LogP contribution in [-0.4, -0.2) is 25.6 Å². The average Bonchev–Trinajstić information content (AvgIpc) is 3.15. The van der Waals surface area contributed by atoms with Gasteiger partial charge in [-0.25, -0.2) is 9.78 Å². The van der Waals surface area contributed by atoms with Crippen LogP contribution in [-0.2, 0) is 6.42 Å². The molecule has 0 amide bonds. The molecule has 2 atom stereocenters. The van der Waals surface area contributed by atoms with Crippen molar-refractivity contribution in [3.63, 3.8) is 0 Å². The molecule has 6 heteroatoms. The molecular weight excluding hydrogens is 306 g/mol. The Labute approximate surface area is 138 Å². The fourth-order valence-electron chi connectivity index (χ4n) is 3.10. The summed E-state index contributed by atoms with van der Waals surface area (Å²) in [6.45, 7) is 0. The van der Waals surface area contributed by atoms with Crippen molar-refractivity contribution in [1.29, 1.82) is 0 Å². The highest BCUT2D eigenvalue weighted by molar-refractivity contribution is 5.88. The van der Waals surface area contributed by atoms with Crippen LogP contribution in [0.3, 0.4) is 0 Å². The van der Waals surface area contributed by atoms with E-state index >= 15 is 0 Å². The predicted molar refractivity (Wildman–Crippen MR) is 86.0 cm³/mol. The monoisotopic (exact) mass is 321 g/mol. The van der Waals surface area contributed by atoms with E-state index < -0.39 is 5.97 Å². The highest BCUT2D eigenvalue weighted by atomic mass is 16.5. The van der Waals surface area contributed by atoms with Gasteiger partial charge in [-0.3, -0.25) is 4.98 Å². The van der Waals surface area contributed by atoms with Crippen LogP contribution in [0, 0.1) is 0 Å². The fraction of sp³-hybridized carbons (Fsp3) is 0.167. The van der Waals surface area contributed by atoms with Crippen LogP contribution < -0.4 is 4.74 Å². The third kappa shape index (κ3) is 2.52. The summed E-state index contributed by atoms with van der Waals surface area (Å²) >= 11 is 0. The number of fused-ring (bicyclic) bond motifs is 1. The van der Waals surface area contributed by atoms with Crippen LogP contribution in [0.2, 0.25) is 0 Å². The molecule has 24 heavy (non-hydrogen) atoms. The summed E-state index contributed by atoms with van der Waals surface area (Å²) in [6.07, 6.45) is 9.34. The van der Waals surface area contributed by atoms with E-state index in [9.17, 15) is 9.90 Å². The Morgan fingerprint density at radius 3 is 2.88 bits per heavy atom. The second-order valence-electron chi connectivity index (χ2n) is 5.73. The molecule has 0 spiro atoms. The summed E-state index contributed by atoms with van der Waals surface area (Å²) in [6, 6.07) is 8.82. The van der Waals surface area contributed by atoms with E-state index in [1.165, 1.54) is 0 Å². The number of benzene rings is 1. The number of carbonyl (C=O) groups is 1. The summed E-state index contributed by atoms with van der Waals surface area (Å²) < 4.78 is 8.20. The molecule has 1 aliphatic heterocycles. The fourth-order valence-corrected chi connectivity index (χ4v) is 3.10. The normalized spacial score (nSPS) is 19.3. The number of hydrogen-bond acceptors (Lipinski definition) is 4. The number of carboxylic acid groups (broad SMARTS) is 1. The average molecular weight is 321 g/mol. The molecule has 120 valence electrons. The zero-order valence-corrected chi connectivity index (χ0v) is 12.7. The zero-order chi connectivity index (χ0) is 16.5. The lowest BCUT2D eigenvalue weighted by molar-refractivity contribution is 0.0696. The number of aromatic carboxylic acids is 1. The van der Waals surface area contributed by atoms with E-state index in [2.05, 4.69) is 9.97 Å². The maximum atomic E-state index is 11.2. The highest BCUT2D eigenvalue weighted by Crippen LogP contribution is 2.41. The van der Waals surface area contributed by atoms with Gasteiger partial charge in [-0.1, -0.05) is 6.07 Å². The Morgan fingerprint density at radius 1 is 1.25 bits per heavy atom. The summed E-state index contributed by atoms with van der Waals surface area (Å²) in [5.41, 5.74) is 2.12. The van der Waals surface area contributed by atoms with Crippen molar-refractivity contribution < 1.29 is 14.6 Å². The highest BCUT2D eigenvalue weighted by Gasteiger charge is 2.33. The Bertz CT molecular complexity index is 862. The molecule has 4 rings (SSSR count). The topological polar surface area (TPSA) is 77.2 Å². The van der Waals surface area contributed by atoms with Crippen molar-refractivity contribution in [2.75, 3.05) is 0 Å². The first-order chi connectivity index (χ1) is 11.7. The van der Waals surface area contributed by atoms with Crippen molar-refractivity contribution >= 4 is 5.97 Å². The molecule has 0 radical (unpaired) electrons. The minimum absolute atomic E-state index is 0.0201. The molecule has 1 aromatic carbocycles. The quantitative estimate of drug-likeness (QED) is 0.802. The van der Waals surface area contributed by atoms with Crippen molar-refractivity contribution in [2.45, 2.75) is 18.6 Å². The number of imidazole rings is 1. The van der Waals surface area contributed by atoms with Crippen molar-refractivity contribution in [3.8, 4) is 5.75 Å². The summed E-state index contributed by atoms with van der Waals surface area (Å²) in [5, 5.41) is 9.20. The Balaban J connectivity index is 1.78. The Morgan fingerprint density at radius 2 is 2.17 bits per heavy atom. The van der Waals surface area contributed by atoms with Gasteiger partial charge in [0, 0.05) is 36.8 Å². The molecule has 0 saturated carbocycles. The van der Waals surface area contributed by atoms with E-state index in [0.717, 1.165) is 11.1 Å². The van der Waals surface area contributed by atoms with Crippen LogP contribution in [0.4, 0.5) is 0 Å². The summed E-state index contributed by atoms with van der Waals surface area (Å²) in [4.78, 5) is 19.5. The zero-order valence-electron chi connectivity index (χ0n) is 12.7. The van der Waals surface area contributed by atoms with Crippen LogP contribution in [0.25, 0.3) is 0 Å². The smallest absolute Gasteiger partial charge is 0.335 e. The molecule has 1 aliphatic rings. The van der Waals surface area contributed by atoms with Crippen molar-refractivity contribution in [3.05, 3.63) is 78.1 Å². The Kier molecular flexibility index (Phi) is 3.49. The summed E-state index contributed by atoms with van der Waals surface area (Å²) in [7, 11) is 0. The van der Waals surface area contributed by atoms with Crippen molar-refractivity contribution in [1.82, 2.24) is 14.5 Å². The Hall–Kier alpha value is -3.15. The number of carboxylic acids is 1. The van der Waals surface area contributed by atoms with Gasteiger partial charge in [0.25, 0.3) is 0 Å². The van der Waals surface area contributed by atoms with Crippen LogP contribution >= 0.6 is 0 Å². The lowest BCUT2D eigenvalue weighted by atomic mass is 9.92.